The number of hydrogen-bond donors (Lipinski definition) is 0. The van der Waals surface area contributed by atoms with Gasteiger partial charge in [0, 0.05) is 18.1 Å². The third-order valence-electron chi connectivity index (χ3n) is 3.65. The maximum absolute atomic E-state index is 12.5. The molecule has 3 nitrogen and oxygen atoms in total. The Bertz CT molecular complexity index is 803. The smallest absolute Gasteiger partial charge is 0.301 e. The van der Waals surface area contributed by atoms with Crippen LogP contribution in [0, 0.1) is 0 Å². The lowest BCUT2D eigenvalue weighted by atomic mass is 10.1. The van der Waals surface area contributed by atoms with Gasteiger partial charge in [-0.05, 0) is 49.0 Å². The van der Waals surface area contributed by atoms with Gasteiger partial charge in [-0.2, -0.15) is 13.2 Å². The van der Waals surface area contributed by atoms with E-state index in [-0.39, 0.29) is 17.2 Å². The van der Waals surface area contributed by atoms with Gasteiger partial charge in [-0.15, -0.1) is 0 Å². The Morgan fingerprint density at radius 3 is 2.08 bits per heavy atom. The van der Waals surface area contributed by atoms with Gasteiger partial charge in [-0.3, -0.25) is 0 Å². The minimum atomic E-state index is -4.36. The summed E-state index contributed by atoms with van der Waals surface area (Å²) in [6.07, 6.45) is -4.36. The van der Waals surface area contributed by atoms with Gasteiger partial charge in [0.25, 0.3) is 0 Å². The average molecular weight is 392 g/mol. The molecule has 0 aliphatic heterocycles. The molecule has 0 spiro atoms. The maximum atomic E-state index is 12.5. The lowest BCUT2D eigenvalue weighted by Gasteiger charge is -2.17. The van der Waals surface area contributed by atoms with Crippen LogP contribution >= 0.6 is 11.6 Å². The quantitative estimate of drug-likeness (QED) is 0.738. The molecular formula is C17H17ClF3NO2S. The standard InChI is InChI=1S/C17H17ClF3NO2S/c1-22(12-13-2-4-14(5-3-13)17(19,20)21)10-11-25(23,24)16-8-6-15(18)7-9-16/h2-9H,10-12H2,1H3. The van der Waals surface area contributed by atoms with Crippen LogP contribution in [0.15, 0.2) is 53.4 Å². The molecule has 0 aliphatic rings. The summed E-state index contributed by atoms with van der Waals surface area (Å²) in [5, 5.41) is 0.457. The first kappa shape index (κ1) is 19.8. The molecule has 0 amide bonds. The van der Waals surface area contributed by atoms with Crippen LogP contribution in [-0.2, 0) is 22.6 Å². The van der Waals surface area contributed by atoms with Gasteiger partial charge < -0.3 is 4.90 Å². The van der Waals surface area contributed by atoms with Crippen molar-refractivity contribution >= 4 is 21.4 Å². The van der Waals surface area contributed by atoms with E-state index in [0.29, 0.717) is 17.1 Å². The molecule has 136 valence electrons. The van der Waals surface area contributed by atoms with Crippen molar-refractivity contribution in [3.8, 4) is 0 Å². The summed E-state index contributed by atoms with van der Waals surface area (Å²) in [5.41, 5.74) is -0.0244. The van der Waals surface area contributed by atoms with E-state index in [2.05, 4.69) is 0 Å². The van der Waals surface area contributed by atoms with Crippen LogP contribution in [0.25, 0.3) is 0 Å². The molecule has 0 aliphatic carbocycles. The van der Waals surface area contributed by atoms with Crippen LogP contribution in [0.4, 0.5) is 13.2 Å². The molecule has 0 fully saturated rings. The molecule has 2 aromatic rings. The third kappa shape index (κ3) is 5.73. The number of rotatable bonds is 6. The van der Waals surface area contributed by atoms with Gasteiger partial charge in [-0.1, -0.05) is 23.7 Å². The Morgan fingerprint density at radius 2 is 1.56 bits per heavy atom. The monoisotopic (exact) mass is 391 g/mol. The predicted molar refractivity (Wildman–Crippen MR) is 91.3 cm³/mol. The van der Waals surface area contributed by atoms with Gasteiger partial charge in [0.05, 0.1) is 16.2 Å². The number of benzene rings is 2. The molecular weight excluding hydrogens is 375 g/mol. The van der Waals surface area contributed by atoms with E-state index >= 15 is 0 Å². The fraction of sp³-hybridized carbons (Fsp3) is 0.294. The number of alkyl halides is 3. The summed E-state index contributed by atoms with van der Waals surface area (Å²) in [5.74, 6) is -0.0915. The van der Waals surface area contributed by atoms with Crippen molar-refractivity contribution in [2.45, 2.75) is 17.6 Å². The Labute approximate surface area is 149 Å². The predicted octanol–water partition coefficient (Wildman–Crippen LogP) is 4.26. The zero-order valence-corrected chi connectivity index (χ0v) is 15.0. The second-order valence-electron chi connectivity index (χ2n) is 5.71. The molecule has 0 saturated carbocycles. The van der Waals surface area contributed by atoms with Gasteiger partial charge >= 0.3 is 6.18 Å². The molecule has 2 rings (SSSR count). The van der Waals surface area contributed by atoms with Crippen LogP contribution in [0.3, 0.4) is 0 Å². The molecule has 0 radical (unpaired) electrons. The molecule has 0 heterocycles. The van der Waals surface area contributed by atoms with Crippen molar-refractivity contribution in [1.29, 1.82) is 0 Å². The first-order chi connectivity index (χ1) is 11.6. The summed E-state index contributed by atoms with van der Waals surface area (Å²) in [6.45, 7) is 0.611. The second-order valence-corrected chi connectivity index (χ2v) is 8.25. The summed E-state index contributed by atoms with van der Waals surface area (Å²) in [4.78, 5) is 1.94. The highest BCUT2D eigenvalue weighted by atomic mass is 35.5. The first-order valence-electron chi connectivity index (χ1n) is 7.41. The molecule has 0 aromatic heterocycles. The zero-order valence-electron chi connectivity index (χ0n) is 13.4. The van der Waals surface area contributed by atoms with Crippen LogP contribution in [0.1, 0.15) is 11.1 Å². The topological polar surface area (TPSA) is 37.4 Å². The molecule has 0 atom stereocenters. The number of halogens is 4. The Hall–Kier alpha value is -1.57. The summed E-state index contributed by atoms with van der Waals surface area (Å²) in [7, 11) is -1.72. The van der Waals surface area contributed by atoms with Crippen molar-refractivity contribution < 1.29 is 21.6 Å². The van der Waals surface area contributed by atoms with E-state index in [1.165, 1.54) is 36.4 Å². The molecule has 0 unspecified atom stereocenters. The van der Waals surface area contributed by atoms with Crippen LogP contribution in [0.5, 0.6) is 0 Å². The van der Waals surface area contributed by atoms with E-state index in [9.17, 15) is 21.6 Å². The Morgan fingerprint density at radius 1 is 1.00 bits per heavy atom. The highest BCUT2D eigenvalue weighted by molar-refractivity contribution is 7.91. The van der Waals surface area contributed by atoms with Crippen molar-refractivity contribution in [3.05, 3.63) is 64.7 Å². The second kappa shape index (κ2) is 7.76. The van der Waals surface area contributed by atoms with Gasteiger partial charge in [0.1, 0.15) is 0 Å². The molecule has 25 heavy (non-hydrogen) atoms. The van der Waals surface area contributed by atoms with Gasteiger partial charge in [0.15, 0.2) is 9.84 Å². The Balaban J connectivity index is 1.94. The Kier molecular flexibility index (Phi) is 6.13. The van der Waals surface area contributed by atoms with Crippen LogP contribution in [-0.4, -0.2) is 32.7 Å². The van der Waals surface area contributed by atoms with E-state index in [1.54, 1.807) is 11.9 Å². The minimum Gasteiger partial charge on any atom is -0.301 e. The van der Waals surface area contributed by atoms with Crippen molar-refractivity contribution in [2.75, 3.05) is 19.3 Å². The number of hydrogen-bond acceptors (Lipinski definition) is 3. The van der Waals surface area contributed by atoms with Crippen LogP contribution in [0.2, 0.25) is 5.02 Å². The summed E-state index contributed by atoms with van der Waals surface area (Å²) < 4.78 is 62.1. The highest BCUT2D eigenvalue weighted by Gasteiger charge is 2.29. The molecule has 0 N–H and O–H groups in total. The van der Waals surface area contributed by atoms with Crippen molar-refractivity contribution in [1.82, 2.24) is 4.90 Å². The normalized spacial score (nSPS) is 12.6. The molecule has 2 aromatic carbocycles. The maximum Gasteiger partial charge on any atom is 0.416 e. The third-order valence-corrected chi connectivity index (χ3v) is 5.61. The fourth-order valence-electron chi connectivity index (χ4n) is 2.23. The largest absolute Gasteiger partial charge is 0.416 e. The first-order valence-corrected chi connectivity index (χ1v) is 9.44. The highest BCUT2D eigenvalue weighted by Crippen LogP contribution is 2.29. The van der Waals surface area contributed by atoms with Gasteiger partial charge in [-0.25, -0.2) is 8.42 Å². The lowest BCUT2D eigenvalue weighted by molar-refractivity contribution is -0.137. The summed E-state index contributed by atoms with van der Waals surface area (Å²) >= 11 is 5.75. The molecule has 8 heteroatoms. The zero-order chi connectivity index (χ0) is 18.7. The SMILES string of the molecule is CN(CCS(=O)(=O)c1ccc(Cl)cc1)Cc1ccc(C(F)(F)F)cc1. The van der Waals surface area contributed by atoms with E-state index in [1.807, 2.05) is 0 Å². The number of sulfone groups is 1. The fourth-order valence-corrected chi connectivity index (χ4v) is 3.69. The minimum absolute atomic E-state index is 0.0915. The molecule has 0 saturated heterocycles. The van der Waals surface area contributed by atoms with Crippen molar-refractivity contribution in [2.24, 2.45) is 0 Å². The van der Waals surface area contributed by atoms with Crippen LogP contribution < -0.4 is 0 Å². The van der Waals surface area contributed by atoms with Gasteiger partial charge in [0.2, 0.25) is 0 Å². The number of nitrogens with zero attached hydrogens (tertiary/aromatic N) is 1. The van der Waals surface area contributed by atoms with E-state index in [0.717, 1.165) is 12.1 Å². The van der Waals surface area contributed by atoms with E-state index < -0.39 is 21.6 Å². The lowest BCUT2D eigenvalue weighted by Crippen LogP contribution is -2.25. The molecule has 0 bridgehead atoms. The summed E-state index contributed by atoms with van der Waals surface area (Å²) in [6, 6.07) is 10.8. The van der Waals surface area contributed by atoms with Crippen molar-refractivity contribution in [3.63, 3.8) is 0 Å². The van der Waals surface area contributed by atoms with E-state index in [4.69, 9.17) is 11.6 Å². The average Bonchev–Trinajstić information content (AvgIpc) is 2.53.